The van der Waals surface area contributed by atoms with E-state index in [1.165, 1.54) is 19.3 Å². The Labute approximate surface area is 65.3 Å². The van der Waals surface area contributed by atoms with Gasteiger partial charge >= 0.3 is 0 Å². The number of rotatable bonds is 4. The van der Waals surface area contributed by atoms with Gasteiger partial charge in [0.25, 0.3) is 0 Å². The molecule has 0 heterocycles. The van der Waals surface area contributed by atoms with Crippen molar-refractivity contribution in [3.63, 3.8) is 0 Å². The molecule has 0 aliphatic heterocycles. The van der Waals surface area contributed by atoms with Crippen molar-refractivity contribution in [3.05, 3.63) is 11.6 Å². The lowest BCUT2D eigenvalue weighted by atomic mass is 10.0. The van der Waals surface area contributed by atoms with E-state index in [0.29, 0.717) is 0 Å². The van der Waals surface area contributed by atoms with Gasteiger partial charge in [-0.05, 0) is 25.7 Å². The van der Waals surface area contributed by atoms with E-state index in [9.17, 15) is 0 Å². The summed E-state index contributed by atoms with van der Waals surface area (Å²) in [5, 5.41) is 0. The highest BCUT2D eigenvalue weighted by molar-refractivity contribution is 4.97. The van der Waals surface area contributed by atoms with E-state index in [1.807, 2.05) is 0 Å². The van der Waals surface area contributed by atoms with E-state index in [2.05, 4.69) is 33.8 Å². The van der Waals surface area contributed by atoms with Gasteiger partial charge in [-0.25, -0.2) is 0 Å². The van der Waals surface area contributed by atoms with Crippen molar-refractivity contribution in [2.24, 2.45) is 5.92 Å². The summed E-state index contributed by atoms with van der Waals surface area (Å²) in [4.78, 5) is 0. The monoisotopic (exact) mass is 140 g/mol. The van der Waals surface area contributed by atoms with Gasteiger partial charge in [-0.3, -0.25) is 0 Å². The molecule has 0 radical (unpaired) electrons. The fourth-order valence-corrected chi connectivity index (χ4v) is 1.12. The molecule has 0 saturated heterocycles. The van der Waals surface area contributed by atoms with Gasteiger partial charge < -0.3 is 0 Å². The van der Waals surface area contributed by atoms with Crippen molar-refractivity contribution < 1.29 is 0 Å². The Bertz CT molecular complexity index is 98.6. The van der Waals surface area contributed by atoms with Gasteiger partial charge in [-0.1, -0.05) is 38.8 Å². The second-order valence-electron chi connectivity index (χ2n) is 3.44. The molecule has 0 unspecified atom stereocenters. The van der Waals surface area contributed by atoms with Crippen LogP contribution < -0.4 is 0 Å². The van der Waals surface area contributed by atoms with E-state index in [4.69, 9.17) is 0 Å². The van der Waals surface area contributed by atoms with Gasteiger partial charge in [0.15, 0.2) is 0 Å². The summed E-state index contributed by atoms with van der Waals surface area (Å²) >= 11 is 0. The van der Waals surface area contributed by atoms with Crippen molar-refractivity contribution in [2.75, 3.05) is 0 Å². The maximum atomic E-state index is 2.36. The number of hydrogen-bond acceptors (Lipinski definition) is 0. The first-order valence-electron chi connectivity index (χ1n) is 4.32. The lowest BCUT2D eigenvalue weighted by Crippen LogP contribution is -1.87. The largest absolute Gasteiger partial charge is 0.0856 e. The van der Waals surface area contributed by atoms with Crippen LogP contribution >= 0.6 is 0 Å². The SMILES string of the molecule is CCC/C=C(\C)CC(C)C. The first-order chi connectivity index (χ1) is 4.66. The van der Waals surface area contributed by atoms with Gasteiger partial charge in [0.05, 0.1) is 0 Å². The van der Waals surface area contributed by atoms with E-state index in [0.717, 1.165) is 5.92 Å². The third-order valence-corrected chi connectivity index (χ3v) is 1.51. The number of hydrogen-bond donors (Lipinski definition) is 0. The summed E-state index contributed by atoms with van der Waals surface area (Å²) in [5.41, 5.74) is 1.55. The van der Waals surface area contributed by atoms with Crippen molar-refractivity contribution in [3.8, 4) is 0 Å². The second-order valence-corrected chi connectivity index (χ2v) is 3.44. The predicted octanol–water partition coefficient (Wildman–Crippen LogP) is 3.78. The predicted molar refractivity (Wildman–Crippen MR) is 48.1 cm³/mol. The quantitative estimate of drug-likeness (QED) is 0.521. The Morgan fingerprint density at radius 2 is 2.00 bits per heavy atom. The smallest absolute Gasteiger partial charge is 0.0300 e. The molecule has 0 aliphatic rings. The highest BCUT2D eigenvalue weighted by Crippen LogP contribution is 2.10. The van der Waals surface area contributed by atoms with Crippen molar-refractivity contribution in [2.45, 2.75) is 47.0 Å². The van der Waals surface area contributed by atoms with Crippen LogP contribution in [0.4, 0.5) is 0 Å². The maximum Gasteiger partial charge on any atom is -0.0300 e. The molecule has 0 rings (SSSR count). The Morgan fingerprint density at radius 3 is 2.40 bits per heavy atom. The molecule has 0 spiro atoms. The average Bonchev–Trinajstić information content (AvgIpc) is 1.82. The highest BCUT2D eigenvalue weighted by atomic mass is 14.0. The Balaban J connectivity index is 3.49. The maximum absolute atomic E-state index is 2.36. The highest BCUT2D eigenvalue weighted by Gasteiger charge is 1.93. The lowest BCUT2D eigenvalue weighted by Gasteiger charge is -2.03. The Kier molecular flexibility index (Phi) is 5.38. The van der Waals surface area contributed by atoms with Crippen molar-refractivity contribution >= 4 is 0 Å². The average molecular weight is 140 g/mol. The summed E-state index contributed by atoms with van der Waals surface area (Å²) < 4.78 is 0. The summed E-state index contributed by atoms with van der Waals surface area (Å²) in [6.45, 7) is 8.99. The molecular formula is C10H20. The Hall–Kier alpha value is -0.260. The van der Waals surface area contributed by atoms with Gasteiger partial charge in [0.2, 0.25) is 0 Å². The van der Waals surface area contributed by atoms with Crippen LogP contribution in [0.5, 0.6) is 0 Å². The summed E-state index contributed by atoms with van der Waals surface area (Å²) in [7, 11) is 0. The molecule has 0 aliphatic carbocycles. The van der Waals surface area contributed by atoms with E-state index < -0.39 is 0 Å². The summed E-state index contributed by atoms with van der Waals surface area (Å²) in [6, 6.07) is 0. The van der Waals surface area contributed by atoms with E-state index in [-0.39, 0.29) is 0 Å². The molecule has 10 heavy (non-hydrogen) atoms. The summed E-state index contributed by atoms with van der Waals surface area (Å²) in [5.74, 6) is 0.813. The van der Waals surface area contributed by atoms with Crippen LogP contribution in [0.3, 0.4) is 0 Å². The van der Waals surface area contributed by atoms with Crippen LogP contribution in [-0.4, -0.2) is 0 Å². The summed E-state index contributed by atoms with van der Waals surface area (Å²) in [6.07, 6.45) is 6.15. The van der Waals surface area contributed by atoms with Gasteiger partial charge in [-0.15, -0.1) is 0 Å². The van der Waals surface area contributed by atoms with E-state index >= 15 is 0 Å². The fraction of sp³-hybridized carbons (Fsp3) is 0.800. The third-order valence-electron chi connectivity index (χ3n) is 1.51. The van der Waals surface area contributed by atoms with Crippen molar-refractivity contribution in [1.82, 2.24) is 0 Å². The molecule has 0 aromatic heterocycles. The zero-order chi connectivity index (χ0) is 7.98. The molecule has 0 heteroatoms. The van der Waals surface area contributed by atoms with Crippen LogP contribution in [0.2, 0.25) is 0 Å². The van der Waals surface area contributed by atoms with Crippen LogP contribution in [-0.2, 0) is 0 Å². The molecule has 0 nitrogen and oxygen atoms in total. The zero-order valence-corrected chi connectivity index (χ0v) is 7.78. The van der Waals surface area contributed by atoms with Gasteiger partial charge in [-0.2, -0.15) is 0 Å². The Morgan fingerprint density at radius 1 is 1.40 bits per heavy atom. The number of unbranched alkanes of at least 4 members (excludes halogenated alkanes) is 1. The first kappa shape index (κ1) is 9.74. The van der Waals surface area contributed by atoms with Crippen LogP contribution in [0.15, 0.2) is 11.6 Å². The standard InChI is InChI=1S/C10H20/c1-5-6-7-10(4)8-9(2)3/h7,9H,5-6,8H2,1-4H3/b10-7+. The van der Waals surface area contributed by atoms with Crippen LogP contribution in [0.1, 0.15) is 47.0 Å². The fourth-order valence-electron chi connectivity index (χ4n) is 1.12. The normalized spacial score (nSPS) is 12.7. The second kappa shape index (κ2) is 5.52. The van der Waals surface area contributed by atoms with Crippen molar-refractivity contribution in [1.29, 1.82) is 0 Å². The topological polar surface area (TPSA) is 0 Å². The van der Waals surface area contributed by atoms with E-state index in [1.54, 1.807) is 5.57 Å². The molecule has 0 N–H and O–H groups in total. The minimum absolute atomic E-state index is 0.813. The van der Waals surface area contributed by atoms with Crippen LogP contribution in [0.25, 0.3) is 0 Å². The first-order valence-corrected chi connectivity index (χ1v) is 4.32. The van der Waals surface area contributed by atoms with Crippen LogP contribution in [0, 0.1) is 5.92 Å². The molecule has 0 atom stereocenters. The lowest BCUT2D eigenvalue weighted by molar-refractivity contribution is 0.639. The molecule has 0 fully saturated rings. The minimum Gasteiger partial charge on any atom is -0.0856 e. The number of allylic oxidation sites excluding steroid dienone is 2. The molecule has 0 aromatic rings. The molecule has 0 amide bonds. The molecule has 60 valence electrons. The molecular weight excluding hydrogens is 120 g/mol. The third kappa shape index (κ3) is 5.87. The van der Waals surface area contributed by atoms with Gasteiger partial charge in [0, 0.05) is 0 Å². The van der Waals surface area contributed by atoms with Gasteiger partial charge in [0.1, 0.15) is 0 Å². The zero-order valence-electron chi connectivity index (χ0n) is 7.78. The molecule has 0 saturated carbocycles. The minimum atomic E-state index is 0.813. The molecule has 0 bridgehead atoms. The molecule has 0 aromatic carbocycles.